The molecule has 2 heterocycles. The van der Waals surface area contributed by atoms with E-state index in [0.717, 1.165) is 20.9 Å². The predicted molar refractivity (Wildman–Crippen MR) is 83.9 cm³/mol. The first-order valence-electron chi connectivity index (χ1n) is 5.68. The molecule has 0 saturated heterocycles. The van der Waals surface area contributed by atoms with Crippen molar-refractivity contribution in [1.82, 2.24) is 4.98 Å². The fourth-order valence-corrected chi connectivity index (χ4v) is 3.93. The lowest BCUT2D eigenvalue weighted by Crippen LogP contribution is -1.94. The van der Waals surface area contributed by atoms with Gasteiger partial charge in [-0.1, -0.05) is 18.2 Å². The van der Waals surface area contributed by atoms with Gasteiger partial charge < -0.3 is 4.74 Å². The molecule has 0 aliphatic heterocycles. The van der Waals surface area contributed by atoms with Crippen LogP contribution in [0.3, 0.4) is 0 Å². The zero-order valence-electron chi connectivity index (χ0n) is 9.88. The Morgan fingerprint density at radius 1 is 1.11 bits per heavy atom. The van der Waals surface area contributed by atoms with E-state index in [1.807, 2.05) is 36.4 Å². The Hall–Kier alpha value is -1.17. The summed E-state index contributed by atoms with van der Waals surface area (Å²) in [7, 11) is 0. The molecule has 2 nitrogen and oxygen atoms in total. The summed E-state index contributed by atoms with van der Waals surface area (Å²) >= 11 is 6.84. The number of benzene rings is 1. The molecule has 19 heavy (non-hydrogen) atoms. The molecule has 0 aliphatic carbocycles. The van der Waals surface area contributed by atoms with Gasteiger partial charge in [0, 0.05) is 9.85 Å². The van der Waals surface area contributed by atoms with Crippen LogP contribution in [0.4, 0.5) is 0 Å². The molecule has 0 unspecified atom stereocenters. The van der Waals surface area contributed by atoms with Crippen molar-refractivity contribution in [3.05, 3.63) is 56.6 Å². The number of aromatic nitrogens is 1. The number of thiazole rings is 1. The quantitative estimate of drug-likeness (QED) is 0.643. The Morgan fingerprint density at radius 2 is 1.95 bits per heavy atom. The summed E-state index contributed by atoms with van der Waals surface area (Å²) < 4.78 is 6.79. The summed E-state index contributed by atoms with van der Waals surface area (Å²) in [5.41, 5.74) is 1.01. The third kappa shape index (κ3) is 3.05. The van der Waals surface area contributed by atoms with Crippen molar-refractivity contribution in [2.24, 2.45) is 0 Å². The third-order valence-electron chi connectivity index (χ3n) is 2.51. The summed E-state index contributed by atoms with van der Waals surface area (Å²) in [6.45, 7) is 0.512. The molecule has 2 aromatic heterocycles. The van der Waals surface area contributed by atoms with Crippen LogP contribution in [-0.4, -0.2) is 4.98 Å². The average Bonchev–Trinajstić information content (AvgIpc) is 3.06. The van der Waals surface area contributed by atoms with Gasteiger partial charge in [0.2, 0.25) is 0 Å². The second-order valence-electron chi connectivity index (χ2n) is 3.83. The smallest absolute Gasteiger partial charge is 0.140 e. The zero-order chi connectivity index (χ0) is 13.1. The molecule has 96 valence electrons. The molecule has 0 saturated carbocycles. The minimum Gasteiger partial charge on any atom is -0.486 e. The van der Waals surface area contributed by atoms with Gasteiger partial charge >= 0.3 is 0 Å². The molecular formula is C14H10BrNOS2. The zero-order valence-corrected chi connectivity index (χ0v) is 13.1. The highest BCUT2D eigenvalue weighted by Crippen LogP contribution is 2.34. The normalized spacial score (nSPS) is 10.6. The molecule has 0 amide bonds. The van der Waals surface area contributed by atoms with Crippen LogP contribution in [0.2, 0.25) is 0 Å². The molecule has 3 rings (SSSR count). The van der Waals surface area contributed by atoms with Crippen LogP contribution in [-0.2, 0) is 6.61 Å². The maximum atomic E-state index is 5.69. The molecule has 0 bridgehead atoms. The minimum absolute atomic E-state index is 0.512. The number of hydrogen-bond donors (Lipinski definition) is 0. The van der Waals surface area contributed by atoms with E-state index in [4.69, 9.17) is 4.74 Å². The SMILES string of the molecule is Brc1ccsc1-c1csc(COc2ccccc2)n1. The maximum Gasteiger partial charge on any atom is 0.140 e. The van der Waals surface area contributed by atoms with E-state index in [2.05, 4.69) is 31.7 Å². The Labute approximate surface area is 127 Å². The minimum atomic E-state index is 0.512. The second kappa shape index (κ2) is 5.86. The van der Waals surface area contributed by atoms with E-state index in [0.29, 0.717) is 6.61 Å². The molecule has 5 heteroatoms. The predicted octanol–water partition coefficient (Wildman–Crippen LogP) is 5.21. The monoisotopic (exact) mass is 351 g/mol. The van der Waals surface area contributed by atoms with Crippen molar-refractivity contribution < 1.29 is 4.74 Å². The molecule has 0 atom stereocenters. The first-order valence-corrected chi connectivity index (χ1v) is 8.24. The molecular weight excluding hydrogens is 342 g/mol. The Kier molecular flexibility index (Phi) is 3.96. The molecule has 1 aromatic carbocycles. The fraction of sp³-hybridized carbons (Fsp3) is 0.0714. The van der Waals surface area contributed by atoms with Crippen molar-refractivity contribution in [3.8, 4) is 16.3 Å². The Balaban J connectivity index is 1.71. The summed E-state index contributed by atoms with van der Waals surface area (Å²) in [5, 5.41) is 5.11. The number of hydrogen-bond acceptors (Lipinski definition) is 4. The van der Waals surface area contributed by atoms with Crippen molar-refractivity contribution in [2.75, 3.05) is 0 Å². The van der Waals surface area contributed by atoms with Gasteiger partial charge in [0.25, 0.3) is 0 Å². The third-order valence-corrected chi connectivity index (χ3v) is 5.19. The van der Waals surface area contributed by atoms with E-state index >= 15 is 0 Å². The van der Waals surface area contributed by atoms with Gasteiger partial charge in [0.05, 0.1) is 10.6 Å². The number of rotatable bonds is 4. The van der Waals surface area contributed by atoms with Gasteiger partial charge in [-0.25, -0.2) is 4.98 Å². The van der Waals surface area contributed by atoms with E-state index in [1.165, 1.54) is 4.88 Å². The van der Waals surface area contributed by atoms with Crippen molar-refractivity contribution >= 4 is 38.6 Å². The lowest BCUT2D eigenvalue weighted by atomic mass is 10.3. The number of halogens is 1. The van der Waals surface area contributed by atoms with Crippen LogP contribution < -0.4 is 4.74 Å². The summed E-state index contributed by atoms with van der Waals surface area (Å²) in [6.07, 6.45) is 0. The van der Waals surface area contributed by atoms with Crippen LogP contribution in [0, 0.1) is 0 Å². The largest absolute Gasteiger partial charge is 0.486 e. The first kappa shape index (κ1) is 12.8. The summed E-state index contributed by atoms with van der Waals surface area (Å²) in [6, 6.07) is 11.8. The average molecular weight is 352 g/mol. The van der Waals surface area contributed by atoms with Crippen LogP contribution in [0.25, 0.3) is 10.6 Å². The maximum absolute atomic E-state index is 5.69. The summed E-state index contributed by atoms with van der Waals surface area (Å²) in [4.78, 5) is 5.77. The van der Waals surface area contributed by atoms with E-state index in [-0.39, 0.29) is 0 Å². The highest BCUT2D eigenvalue weighted by atomic mass is 79.9. The number of nitrogens with zero attached hydrogens (tertiary/aromatic N) is 1. The van der Waals surface area contributed by atoms with Gasteiger partial charge in [-0.3, -0.25) is 0 Å². The molecule has 0 spiro atoms. The molecule has 0 radical (unpaired) electrons. The van der Waals surface area contributed by atoms with Crippen molar-refractivity contribution in [1.29, 1.82) is 0 Å². The lowest BCUT2D eigenvalue weighted by molar-refractivity contribution is 0.305. The van der Waals surface area contributed by atoms with Crippen LogP contribution in [0.15, 0.2) is 51.6 Å². The van der Waals surface area contributed by atoms with Crippen LogP contribution >= 0.6 is 38.6 Å². The Bertz CT molecular complexity index is 663. The van der Waals surface area contributed by atoms with Gasteiger partial charge in [0.15, 0.2) is 0 Å². The molecule has 0 aliphatic rings. The standard InChI is InChI=1S/C14H10BrNOS2/c15-11-6-7-18-14(11)12-9-19-13(16-12)8-17-10-4-2-1-3-5-10/h1-7,9H,8H2. The van der Waals surface area contributed by atoms with Gasteiger partial charge in [-0.15, -0.1) is 22.7 Å². The van der Waals surface area contributed by atoms with E-state index < -0.39 is 0 Å². The second-order valence-corrected chi connectivity index (χ2v) is 6.54. The van der Waals surface area contributed by atoms with Gasteiger partial charge in [0.1, 0.15) is 17.4 Å². The highest BCUT2D eigenvalue weighted by Gasteiger charge is 2.09. The van der Waals surface area contributed by atoms with E-state index in [9.17, 15) is 0 Å². The summed E-state index contributed by atoms with van der Waals surface area (Å²) in [5.74, 6) is 0.872. The number of ether oxygens (including phenoxy) is 1. The van der Waals surface area contributed by atoms with Crippen molar-refractivity contribution in [2.45, 2.75) is 6.61 Å². The van der Waals surface area contributed by atoms with Crippen molar-refractivity contribution in [3.63, 3.8) is 0 Å². The molecule has 0 N–H and O–H groups in total. The highest BCUT2D eigenvalue weighted by molar-refractivity contribution is 9.10. The Morgan fingerprint density at radius 3 is 2.68 bits per heavy atom. The van der Waals surface area contributed by atoms with Gasteiger partial charge in [-0.05, 0) is 39.5 Å². The van der Waals surface area contributed by atoms with Crippen LogP contribution in [0.1, 0.15) is 5.01 Å². The topological polar surface area (TPSA) is 22.1 Å². The molecule has 3 aromatic rings. The van der Waals surface area contributed by atoms with Crippen LogP contribution in [0.5, 0.6) is 5.75 Å². The first-order chi connectivity index (χ1) is 9.33. The van der Waals surface area contributed by atoms with Gasteiger partial charge in [-0.2, -0.15) is 0 Å². The van der Waals surface area contributed by atoms with E-state index in [1.54, 1.807) is 22.7 Å². The number of thiophene rings is 1. The molecule has 0 fully saturated rings. The fourth-order valence-electron chi connectivity index (χ4n) is 1.62. The number of para-hydroxylation sites is 1. The lowest BCUT2D eigenvalue weighted by Gasteiger charge is -2.02.